The van der Waals surface area contributed by atoms with E-state index in [9.17, 15) is 0 Å². The second kappa shape index (κ2) is 6.14. The highest BCUT2D eigenvalue weighted by molar-refractivity contribution is 6.23. The Labute approximate surface area is 80.3 Å². The Bertz CT molecular complexity index is 79.6. The van der Waals surface area contributed by atoms with Crippen molar-refractivity contribution >= 4 is 23.2 Å². The van der Waals surface area contributed by atoms with E-state index >= 15 is 0 Å². The summed E-state index contributed by atoms with van der Waals surface area (Å²) in [6.07, 6.45) is 5.64. The quantitative estimate of drug-likeness (QED) is 0.560. The van der Waals surface area contributed by atoms with Gasteiger partial charge in [0.1, 0.15) is 0 Å². The molecule has 0 aromatic heterocycles. The summed E-state index contributed by atoms with van der Waals surface area (Å²) in [6.45, 7) is 4.30. The molecule has 0 aromatic carbocycles. The monoisotopic (exact) mass is 196 g/mol. The molecule has 0 aromatic rings. The van der Waals surface area contributed by atoms with E-state index in [4.69, 9.17) is 23.2 Å². The number of halogens is 2. The van der Waals surface area contributed by atoms with Crippen molar-refractivity contribution in [3.05, 3.63) is 0 Å². The van der Waals surface area contributed by atoms with E-state index in [1.807, 2.05) is 0 Å². The van der Waals surface area contributed by atoms with Gasteiger partial charge in [-0.15, -0.1) is 23.2 Å². The number of hydrogen-bond acceptors (Lipinski definition) is 0. The van der Waals surface area contributed by atoms with E-state index in [0.717, 1.165) is 25.1 Å². The molecule has 0 aliphatic heterocycles. The van der Waals surface area contributed by atoms with Gasteiger partial charge >= 0.3 is 0 Å². The molecule has 0 fully saturated rings. The maximum atomic E-state index is 6.24. The maximum Gasteiger partial charge on any atom is 0.0419 e. The Morgan fingerprint density at radius 1 is 1.18 bits per heavy atom. The molecule has 0 rings (SSSR count). The van der Waals surface area contributed by atoms with Crippen LogP contribution in [0, 0.1) is 0 Å². The summed E-state index contributed by atoms with van der Waals surface area (Å²) in [5.41, 5.74) is 0. The number of unbranched alkanes of at least 4 members (excludes halogenated alkanes) is 1. The van der Waals surface area contributed by atoms with Gasteiger partial charge in [0.05, 0.1) is 0 Å². The van der Waals surface area contributed by atoms with Gasteiger partial charge in [0, 0.05) is 10.8 Å². The zero-order valence-corrected chi connectivity index (χ0v) is 9.01. The van der Waals surface area contributed by atoms with Gasteiger partial charge in [-0.3, -0.25) is 0 Å². The van der Waals surface area contributed by atoms with Crippen LogP contribution < -0.4 is 0 Å². The molecule has 0 saturated heterocycles. The van der Waals surface area contributed by atoms with Gasteiger partial charge in [-0.05, 0) is 26.2 Å². The van der Waals surface area contributed by atoms with Crippen LogP contribution in [-0.2, 0) is 0 Å². The first-order valence-corrected chi connectivity index (χ1v) is 5.28. The smallest absolute Gasteiger partial charge is 0.0419 e. The molecular formula is C9H18Cl2. The van der Waals surface area contributed by atoms with Crippen molar-refractivity contribution in [3.63, 3.8) is 0 Å². The fourth-order valence-corrected chi connectivity index (χ4v) is 1.51. The molecule has 1 unspecified atom stereocenters. The molecular weight excluding hydrogens is 179 g/mol. The largest absolute Gasteiger partial charge is 0.127 e. The molecule has 0 amide bonds. The minimum absolute atomic E-state index is 0.00903. The first-order valence-electron chi connectivity index (χ1n) is 4.37. The molecule has 0 aliphatic rings. The summed E-state index contributed by atoms with van der Waals surface area (Å²) >= 11 is 11.8. The Hall–Kier alpha value is 0.580. The van der Waals surface area contributed by atoms with Gasteiger partial charge in [-0.2, -0.15) is 0 Å². The first kappa shape index (κ1) is 11.6. The molecule has 0 heterocycles. The molecule has 68 valence electrons. The lowest BCUT2D eigenvalue weighted by molar-refractivity contribution is 0.503. The van der Waals surface area contributed by atoms with Gasteiger partial charge in [0.15, 0.2) is 0 Å². The second-order valence-electron chi connectivity index (χ2n) is 3.31. The number of alkyl halides is 2. The SMILES string of the molecule is CCCCC(C)(Cl)CCCCl. The molecule has 0 spiro atoms. The number of hydrogen-bond donors (Lipinski definition) is 0. The van der Waals surface area contributed by atoms with E-state index in [2.05, 4.69) is 13.8 Å². The molecule has 0 saturated carbocycles. The summed E-state index contributed by atoms with van der Waals surface area (Å²) < 4.78 is 0. The third-order valence-electron chi connectivity index (χ3n) is 1.88. The van der Waals surface area contributed by atoms with Gasteiger partial charge < -0.3 is 0 Å². The molecule has 0 radical (unpaired) electrons. The third kappa shape index (κ3) is 6.96. The summed E-state index contributed by atoms with van der Waals surface area (Å²) in [7, 11) is 0. The zero-order chi connectivity index (χ0) is 8.74. The molecule has 0 nitrogen and oxygen atoms in total. The minimum atomic E-state index is -0.00903. The van der Waals surface area contributed by atoms with E-state index in [-0.39, 0.29) is 4.87 Å². The summed E-state index contributed by atoms with van der Waals surface area (Å²) in [6, 6.07) is 0. The van der Waals surface area contributed by atoms with Gasteiger partial charge in [-0.1, -0.05) is 19.8 Å². The molecule has 2 heteroatoms. The van der Waals surface area contributed by atoms with Gasteiger partial charge in [0.2, 0.25) is 0 Å². The van der Waals surface area contributed by atoms with Crippen molar-refractivity contribution in [2.24, 2.45) is 0 Å². The molecule has 1 atom stereocenters. The van der Waals surface area contributed by atoms with E-state index in [1.54, 1.807) is 0 Å². The normalized spacial score (nSPS) is 16.4. The van der Waals surface area contributed by atoms with Crippen LogP contribution in [0.5, 0.6) is 0 Å². The Kier molecular flexibility index (Phi) is 6.46. The summed E-state index contributed by atoms with van der Waals surface area (Å²) in [5.74, 6) is 0.731. The fourth-order valence-electron chi connectivity index (χ4n) is 1.11. The van der Waals surface area contributed by atoms with Crippen LogP contribution in [0.25, 0.3) is 0 Å². The third-order valence-corrected chi connectivity index (χ3v) is 2.53. The highest BCUT2D eigenvalue weighted by Gasteiger charge is 2.18. The molecule has 11 heavy (non-hydrogen) atoms. The highest BCUT2D eigenvalue weighted by atomic mass is 35.5. The van der Waals surface area contributed by atoms with E-state index in [0.29, 0.717) is 0 Å². The lowest BCUT2D eigenvalue weighted by atomic mass is 9.98. The van der Waals surface area contributed by atoms with E-state index in [1.165, 1.54) is 12.8 Å². The van der Waals surface area contributed by atoms with Crippen LogP contribution in [-0.4, -0.2) is 10.8 Å². The average Bonchev–Trinajstić information content (AvgIpc) is 1.97. The van der Waals surface area contributed by atoms with Crippen LogP contribution in [0.4, 0.5) is 0 Å². The van der Waals surface area contributed by atoms with Crippen LogP contribution in [0.3, 0.4) is 0 Å². The van der Waals surface area contributed by atoms with Crippen LogP contribution >= 0.6 is 23.2 Å². The highest BCUT2D eigenvalue weighted by Crippen LogP contribution is 2.27. The predicted molar refractivity (Wildman–Crippen MR) is 53.7 cm³/mol. The lowest BCUT2D eigenvalue weighted by Gasteiger charge is -2.20. The number of rotatable bonds is 6. The maximum absolute atomic E-state index is 6.24. The Morgan fingerprint density at radius 3 is 2.18 bits per heavy atom. The molecule has 0 N–H and O–H groups in total. The fraction of sp³-hybridized carbons (Fsp3) is 1.00. The van der Waals surface area contributed by atoms with Crippen molar-refractivity contribution in [1.82, 2.24) is 0 Å². The van der Waals surface area contributed by atoms with Crippen LogP contribution in [0.1, 0.15) is 46.0 Å². The summed E-state index contributed by atoms with van der Waals surface area (Å²) in [5, 5.41) is 0. The topological polar surface area (TPSA) is 0 Å². The first-order chi connectivity index (χ1) is 5.12. The van der Waals surface area contributed by atoms with Crippen molar-refractivity contribution in [1.29, 1.82) is 0 Å². The average molecular weight is 197 g/mol. The standard InChI is InChI=1S/C9H18Cl2/c1-3-4-6-9(2,11)7-5-8-10/h3-8H2,1-2H3. The summed E-state index contributed by atoms with van der Waals surface area (Å²) in [4.78, 5) is -0.00903. The Morgan fingerprint density at radius 2 is 1.73 bits per heavy atom. The Balaban J connectivity index is 3.43. The molecule has 0 aliphatic carbocycles. The predicted octanol–water partition coefficient (Wildman–Crippen LogP) is 4.19. The van der Waals surface area contributed by atoms with E-state index < -0.39 is 0 Å². The lowest BCUT2D eigenvalue weighted by Crippen LogP contribution is -2.15. The van der Waals surface area contributed by atoms with Crippen molar-refractivity contribution in [2.45, 2.75) is 50.8 Å². The van der Waals surface area contributed by atoms with Gasteiger partial charge in [-0.25, -0.2) is 0 Å². The van der Waals surface area contributed by atoms with Crippen molar-refractivity contribution in [3.8, 4) is 0 Å². The van der Waals surface area contributed by atoms with Crippen LogP contribution in [0.15, 0.2) is 0 Å². The van der Waals surface area contributed by atoms with Crippen LogP contribution in [0.2, 0.25) is 0 Å². The minimum Gasteiger partial charge on any atom is -0.127 e. The van der Waals surface area contributed by atoms with Gasteiger partial charge in [0.25, 0.3) is 0 Å². The van der Waals surface area contributed by atoms with Crippen molar-refractivity contribution in [2.75, 3.05) is 5.88 Å². The molecule has 0 bridgehead atoms. The zero-order valence-electron chi connectivity index (χ0n) is 7.50. The van der Waals surface area contributed by atoms with Crippen molar-refractivity contribution < 1.29 is 0 Å². The second-order valence-corrected chi connectivity index (χ2v) is 4.60.